The molecule has 3 N–H and O–H groups in total. The van der Waals surface area contributed by atoms with Gasteiger partial charge in [-0.05, 0) is 12.8 Å². The summed E-state index contributed by atoms with van der Waals surface area (Å²) >= 11 is 0. The Kier molecular flexibility index (Phi) is 6.33. The zero-order valence-corrected chi connectivity index (χ0v) is 13.0. The number of hydrogen-bond acceptors (Lipinski definition) is 4. The van der Waals surface area contributed by atoms with E-state index in [0.29, 0.717) is 12.8 Å². The summed E-state index contributed by atoms with van der Waals surface area (Å²) in [4.78, 5) is 47.1. The van der Waals surface area contributed by atoms with Crippen molar-refractivity contribution < 1.29 is 24.3 Å². The topological polar surface area (TPSA) is 116 Å². The summed E-state index contributed by atoms with van der Waals surface area (Å²) < 4.78 is 0. The van der Waals surface area contributed by atoms with E-state index < -0.39 is 23.3 Å². The van der Waals surface area contributed by atoms with Crippen LogP contribution in [0.3, 0.4) is 0 Å². The van der Waals surface area contributed by atoms with Crippen LogP contribution in [0.1, 0.15) is 39.0 Å². The van der Waals surface area contributed by atoms with Gasteiger partial charge < -0.3 is 20.6 Å². The van der Waals surface area contributed by atoms with Gasteiger partial charge in [-0.1, -0.05) is 19.3 Å². The first-order valence-corrected chi connectivity index (χ1v) is 7.31. The monoisotopic (exact) mass is 313 g/mol. The van der Waals surface area contributed by atoms with Gasteiger partial charge >= 0.3 is 5.97 Å². The maximum absolute atomic E-state index is 12.2. The summed E-state index contributed by atoms with van der Waals surface area (Å²) in [5.41, 5.74) is -1.18. The predicted octanol–water partition coefficient (Wildman–Crippen LogP) is -0.515. The number of amides is 3. The Morgan fingerprint density at radius 1 is 1.05 bits per heavy atom. The van der Waals surface area contributed by atoms with Crippen molar-refractivity contribution in [3.05, 3.63) is 0 Å². The van der Waals surface area contributed by atoms with E-state index in [1.807, 2.05) is 0 Å². The first kappa shape index (κ1) is 17.9. The van der Waals surface area contributed by atoms with Crippen LogP contribution in [0.15, 0.2) is 0 Å². The number of carboxylic acids is 1. The summed E-state index contributed by atoms with van der Waals surface area (Å²) in [5, 5.41) is 14.2. The zero-order valence-electron chi connectivity index (χ0n) is 13.0. The molecule has 1 saturated carbocycles. The fourth-order valence-electron chi connectivity index (χ4n) is 2.63. The van der Waals surface area contributed by atoms with Crippen LogP contribution in [0.25, 0.3) is 0 Å². The Morgan fingerprint density at radius 2 is 1.64 bits per heavy atom. The molecular weight excluding hydrogens is 290 g/mol. The van der Waals surface area contributed by atoms with Gasteiger partial charge in [0.1, 0.15) is 5.54 Å². The Bertz CT molecular complexity index is 457. The van der Waals surface area contributed by atoms with E-state index in [1.165, 1.54) is 18.9 Å². The lowest BCUT2D eigenvalue weighted by molar-refractivity contribution is -0.160. The maximum atomic E-state index is 12.2. The van der Waals surface area contributed by atoms with Crippen molar-refractivity contribution in [2.45, 2.75) is 44.6 Å². The normalized spacial score (nSPS) is 16.5. The van der Waals surface area contributed by atoms with E-state index in [9.17, 15) is 24.3 Å². The number of carbonyl (C=O) groups is 4. The average Bonchev–Trinajstić information content (AvgIpc) is 2.50. The van der Waals surface area contributed by atoms with Gasteiger partial charge in [0.15, 0.2) is 0 Å². The van der Waals surface area contributed by atoms with E-state index in [4.69, 9.17) is 0 Å². The molecule has 1 aliphatic carbocycles. The van der Waals surface area contributed by atoms with E-state index >= 15 is 0 Å². The van der Waals surface area contributed by atoms with E-state index in [2.05, 4.69) is 10.6 Å². The molecule has 22 heavy (non-hydrogen) atoms. The molecule has 0 atom stereocenters. The predicted molar refractivity (Wildman–Crippen MR) is 77.9 cm³/mol. The third-order valence-corrected chi connectivity index (χ3v) is 4.03. The minimum absolute atomic E-state index is 0.212. The minimum Gasteiger partial charge on any atom is -0.479 e. The molecule has 0 saturated heterocycles. The average molecular weight is 313 g/mol. The zero-order chi connectivity index (χ0) is 16.8. The Labute approximate surface area is 129 Å². The minimum atomic E-state index is -1.18. The van der Waals surface area contributed by atoms with Gasteiger partial charge in [0.2, 0.25) is 17.7 Å². The molecule has 0 radical (unpaired) electrons. The number of nitrogens with zero attached hydrogens (tertiary/aromatic N) is 1. The SMILES string of the molecule is CC(=O)NCC(=O)NCC(=O)N(C)C1(C(=O)O)CCCCC1. The van der Waals surface area contributed by atoms with Gasteiger partial charge in [0.05, 0.1) is 13.1 Å². The molecule has 0 spiro atoms. The number of carbonyl (C=O) groups excluding carboxylic acids is 3. The Morgan fingerprint density at radius 3 is 2.14 bits per heavy atom. The van der Waals surface area contributed by atoms with Crippen LogP contribution in [0.2, 0.25) is 0 Å². The summed E-state index contributed by atoms with van der Waals surface area (Å²) in [6.07, 6.45) is 3.33. The molecule has 0 bridgehead atoms. The number of likely N-dealkylation sites (N-methyl/N-ethyl adjacent to an activating group) is 1. The molecular formula is C14H23N3O5. The number of hydrogen-bond donors (Lipinski definition) is 3. The van der Waals surface area contributed by atoms with Crippen molar-refractivity contribution >= 4 is 23.7 Å². The quantitative estimate of drug-likeness (QED) is 0.610. The van der Waals surface area contributed by atoms with Crippen LogP contribution in [0.5, 0.6) is 0 Å². The first-order valence-electron chi connectivity index (χ1n) is 7.31. The first-order chi connectivity index (χ1) is 10.3. The van der Waals surface area contributed by atoms with Crippen LogP contribution in [0, 0.1) is 0 Å². The number of carboxylic acid groups (broad SMARTS) is 1. The summed E-state index contributed by atoms with van der Waals surface area (Å²) in [6.45, 7) is 0.784. The Balaban J connectivity index is 2.57. The van der Waals surface area contributed by atoms with Crippen LogP contribution in [0.4, 0.5) is 0 Å². The third kappa shape index (κ3) is 4.44. The standard InChI is InChI=1S/C14H23N3O5/c1-10(18)15-8-11(19)16-9-12(20)17(2)14(13(21)22)6-4-3-5-7-14/h3-9H2,1-2H3,(H,15,18)(H,16,19)(H,21,22). The second-order valence-electron chi connectivity index (χ2n) is 5.54. The Hall–Kier alpha value is -2.12. The van der Waals surface area contributed by atoms with Crippen molar-refractivity contribution in [3.63, 3.8) is 0 Å². The number of rotatable bonds is 6. The molecule has 1 aliphatic rings. The third-order valence-electron chi connectivity index (χ3n) is 4.03. The fraction of sp³-hybridized carbons (Fsp3) is 0.714. The van der Waals surface area contributed by atoms with Crippen molar-refractivity contribution in [2.75, 3.05) is 20.1 Å². The molecule has 3 amide bonds. The van der Waals surface area contributed by atoms with Crippen LogP contribution in [-0.2, 0) is 19.2 Å². The summed E-state index contributed by atoms with van der Waals surface area (Å²) in [7, 11) is 1.46. The summed E-state index contributed by atoms with van der Waals surface area (Å²) in [5.74, 6) is -2.30. The van der Waals surface area contributed by atoms with Crippen molar-refractivity contribution in [3.8, 4) is 0 Å². The molecule has 0 aliphatic heterocycles. The van der Waals surface area contributed by atoms with E-state index in [-0.39, 0.29) is 19.0 Å². The van der Waals surface area contributed by atoms with Gasteiger partial charge in [-0.15, -0.1) is 0 Å². The molecule has 1 fully saturated rings. The molecule has 8 heteroatoms. The molecule has 0 aromatic rings. The highest BCUT2D eigenvalue weighted by molar-refractivity contribution is 5.91. The molecule has 0 heterocycles. The highest BCUT2D eigenvalue weighted by Crippen LogP contribution is 2.33. The summed E-state index contributed by atoms with van der Waals surface area (Å²) in [6, 6.07) is 0. The van der Waals surface area contributed by atoms with Crippen molar-refractivity contribution in [1.29, 1.82) is 0 Å². The second-order valence-corrected chi connectivity index (χ2v) is 5.54. The van der Waals surface area contributed by atoms with Crippen LogP contribution >= 0.6 is 0 Å². The molecule has 0 aromatic carbocycles. The van der Waals surface area contributed by atoms with Gasteiger partial charge in [-0.25, -0.2) is 4.79 Å². The van der Waals surface area contributed by atoms with Crippen molar-refractivity contribution in [2.24, 2.45) is 0 Å². The molecule has 124 valence electrons. The lowest BCUT2D eigenvalue weighted by Gasteiger charge is -2.41. The van der Waals surface area contributed by atoms with E-state index in [1.54, 1.807) is 0 Å². The maximum Gasteiger partial charge on any atom is 0.329 e. The molecule has 0 aromatic heterocycles. The van der Waals surface area contributed by atoms with Gasteiger partial charge in [0.25, 0.3) is 0 Å². The molecule has 1 rings (SSSR count). The lowest BCUT2D eigenvalue weighted by atomic mass is 9.80. The molecule has 8 nitrogen and oxygen atoms in total. The second kappa shape index (κ2) is 7.77. The van der Waals surface area contributed by atoms with Gasteiger partial charge in [-0.2, -0.15) is 0 Å². The van der Waals surface area contributed by atoms with Gasteiger partial charge in [0, 0.05) is 14.0 Å². The smallest absolute Gasteiger partial charge is 0.329 e. The highest BCUT2D eigenvalue weighted by Gasteiger charge is 2.45. The van der Waals surface area contributed by atoms with Crippen LogP contribution < -0.4 is 10.6 Å². The van der Waals surface area contributed by atoms with Gasteiger partial charge in [-0.3, -0.25) is 14.4 Å². The van der Waals surface area contributed by atoms with Crippen molar-refractivity contribution in [1.82, 2.24) is 15.5 Å². The molecule has 0 unspecified atom stereocenters. The van der Waals surface area contributed by atoms with Crippen LogP contribution in [-0.4, -0.2) is 59.4 Å². The lowest BCUT2D eigenvalue weighted by Crippen LogP contribution is -2.58. The highest BCUT2D eigenvalue weighted by atomic mass is 16.4. The fourth-order valence-corrected chi connectivity index (χ4v) is 2.63. The largest absolute Gasteiger partial charge is 0.479 e. The van der Waals surface area contributed by atoms with E-state index in [0.717, 1.165) is 19.3 Å². The number of nitrogens with one attached hydrogen (secondary N) is 2. The number of aliphatic carboxylic acids is 1.